The van der Waals surface area contributed by atoms with E-state index in [0.717, 1.165) is 11.1 Å². The van der Waals surface area contributed by atoms with Crippen LogP contribution in [0.3, 0.4) is 0 Å². The van der Waals surface area contributed by atoms with Crippen molar-refractivity contribution in [2.75, 3.05) is 0 Å². The third kappa shape index (κ3) is 3.49. The second-order valence-corrected chi connectivity index (χ2v) is 5.10. The summed E-state index contributed by atoms with van der Waals surface area (Å²) in [6, 6.07) is 13.8. The van der Waals surface area contributed by atoms with Gasteiger partial charge in [-0.15, -0.1) is 0 Å². The third-order valence-corrected chi connectivity index (χ3v) is 3.42. The zero-order valence-corrected chi connectivity index (χ0v) is 11.9. The minimum Gasteiger partial charge on any atom is -0.487 e. The van der Waals surface area contributed by atoms with Gasteiger partial charge in [0, 0.05) is 6.04 Å². The van der Waals surface area contributed by atoms with Crippen LogP contribution >= 0.6 is 11.6 Å². The molecule has 3 heteroatoms. The first kappa shape index (κ1) is 13.9. The van der Waals surface area contributed by atoms with Crippen LogP contribution in [0.5, 0.6) is 5.75 Å². The van der Waals surface area contributed by atoms with E-state index in [-0.39, 0.29) is 6.04 Å². The fourth-order valence-corrected chi connectivity index (χ4v) is 2.09. The zero-order valence-electron chi connectivity index (χ0n) is 11.2. The average Bonchev–Trinajstić information content (AvgIpc) is 2.39. The average molecular weight is 276 g/mol. The number of hydrogen-bond donors (Lipinski definition) is 1. The molecule has 0 aliphatic carbocycles. The maximum atomic E-state index is 6.20. The van der Waals surface area contributed by atoms with E-state index in [2.05, 4.69) is 19.1 Å². The van der Waals surface area contributed by atoms with Gasteiger partial charge in [-0.2, -0.15) is 0 Å². The number of rotatable bonds is 4. The van der Waals surface area contributed by atoms with Gasteiger partial charge in [0.25, 0.3) is 0 Å². The van der Waals surface area contributed by atoms with Gasteiger partial charge in [0.05, 0.1) is 5.02 Å². The van der Waals surface area contributed by atoms with Gasteiger partial charge in [-0.25, -0.2) is 0 Å². The van der Waals surface area contributed by atoms with Gasteiger partial charge in [0.15, 0.2) is 0 Å². The monoisotopic (exact) mass is 275 g/mol. The van der Waals surface area contributed by atoms with Crippen LogP contribution in [0.4, 0.5) is 0 Å². The van der Waals surface area contributed by atoms with Gasteiger partial charge in [0.2, 0.25) is 0 Å². The molecule has 0 spiro atoms. The molecule has 0 aromatic heterocycles. The van der Waals surface area contributed by atoms with E-state index in [1.807, 2.05) is 37.3 Å². The summed E-state index contributed by atoms with van der Waals surface area (Å²) in [6.45, 7) is 4.52. The topological polar surface area (TPSA) is 35.2 Å². The molecule has 19 heavy (non-hydrogen) atoms. The van der Waals surface area contributed by atoms with Crippen molar-refractivity contribution >= 4 is 11.6 Å². The van der Waals surface area contributed by atoms with Crippen molar-refractivity contribution in [2.45, 2.75) is 26.5 Å². The fraction of sp³-hybridized carbons (Fsp3) is 0.250. The van der Waals surface area contributed by atoms with Crippen molar-refractivity contribution in [1.29, 1.82) is 0 Å². The lowest BCUT2D eigenvalue weighted by Crippen LogP contribution is -2.05. The quantitative estimate of drug-likeness (QED) is 0.905. The van der Waals surface area contributed by atoms with Crippen molar-refractivity contribution in [3.8, 4) is 5.75 Å². The van der Waals surface area contributed by atoms with Gasteiger partial charge in [-0.05, 0) is 42.7 Å². The Morgan fingerprint density at radius 3 is 2.58 bits per heavy atom. The Morgan fingerprint density at radius 2 is 1.95 bits per heavy atom. The molecule has 2 nitrogen and oxygen atoms in total. The second kappa shape index (κ2) is 6.09. The molecule has 0 radical (unpaired) electrons. The Labute approximate surface area is 119 Å². The van der Waals surface area contributed by atoms with Crippen LogP contribution in [0, 0.1) is 6.92 Å². The molecule has 0 unspecified atom stereocenters. The molecule has 0 saturated carbocycles. The molecule has 0 bridgehead atoms. The lowest BCUT2D eigenvalue weighted by molar-refractivity contribution is 0.305. The molecule has 0 aliphatic rings. The first-order valence-electron chi connectivity index (χ1n) is 6.30. The Morgan fingerprint density at radius 1 is 1.21 bits per heavy atom. The molecule has 0 aliphatic heterocycles. The number of hydrogen-bond acceptors (Lipinski definition) is 2. The van der Waals surface area contributed by atoms with Gasteiger partial charge in [-0.1, -0.05) is 41.9 Å². The molecular weight excluding hydrogens is 258 g/mol. The summed E-state index contributed by atoms with van der Waals surface area (Å²) >= 11 is 6.20. The van der Waals surface area contributed by atoms with Crippen molar-refractivity contribution in [3.05, 3.63) is 64.2 Å². The van der Waals surface area contributed by atoms with E-state index in [9.17, 15) is 0 Å². The predicted octanol–water partition coefficient (Wildman–Crippen LogP) is 4.25. The Bertz CT molecular complexity index is 566. The van der Waals surface area contributed by atoms with Gasteiger partial charge in [-0.3, -0.25) is 0 Å². The van der Waals surface area contributed by atoms with Crippen LogP contribution in [0.2, 0.25) is 5.02 Å². The van der Waals surface area contributed by atoms with Crippen LogP contribution in [-0.4, -0.2) is 0 Å². The highest BCUT2D eigenvalue weighted by Crippen LogP contribution is 2.28. The molecule has 0 amide bonds. The summed E-state index contributed by atoms with van der Waals surface area (Å²) in [5.41, 5.74) is 9.20. The largest absolute Gasteiger partial charge is 0.487 e. The maximum absolute atomic E-state index is 6.20. The second-order valence-electron chi connectivity index (χ2n) is 4.69. The minimum absolute atomic E-state index is 0.0251. The number of halogens is 1. The summed E-state index contributed by atoms with van der Waals surface area (Å²) in [6.07, 6.45) is 0. The third-order valence-electron chi connectivity index (χ3n) is 3.13. The highest BCUT2D eigenvalue weighted by Gasteiger charge is 2.06. The van der Waals surface area contributed by atoms with E-state index in [0.29, 0.717) is 17.4 Å². The molecule has 2 aromatic rings. The molecule has 2 rings (SSSR count). The van der Waals surface area contributed by atoms with Crippen molar-refractivity contribution in [3.63, 3.8) is 0 Å². The number of nitrogens with two attached hydrogens (primary N) is 1. The molecule has 0 heterocycles. The van der Waals surface area contributed by atoms with Gasteiger partial charge >= 0.3 is 0 Å². The Balaban J connectivity index is 2.10. The van der Waals surface area contributed by atoms with E-state index >= 15 is 0 Å². The highest BCUT2D eigenvalue weighted by atomic mass is 35.5. The highest BCUT2D eigenvalue weighted by molar-refractivity contribution is 6.32. The molecule has 2 aromatic carbocycles. The zero-order chi connectivity index (χ0) is 13.8. The van der Waals surface area contributed by atoms with E-state index in [4.69, 9.17) is 22.1 Å². The summed E-state index contributed by atoms with van der Waals surface area (Å²) < 4.78 is 5.77. The van der Waals surface area contributed by atoms with E-state index in [1.54, 1.807) is 0 Å². The minimum atomic E-state index is -0.0251. The smallest absolute Gasteiger partial charge is 0.138 e. The first-order chi connectivity index (χ1) is 9.08. The van der Waals surface area contributed by atoms with Gasteiger partial charge < -0.3 is 10.5 Å². The molecule has 100 valence electrons. The van der Waals surface area contributed by atoms with Crippen LogP contribution < -0.4 is 10.5 Å². The molecular formula is C16H18ClNO. The normalized spacial score (nSPS) is 12.2. The van der Waals surface area contributed by atoms with Crippen LogP contribution in [0.15, 0.2) is 42.5 Å². The van der Waals surface area contributed by atoms with Crippen molar-refractivity contribution in [2.24, 2.45) is 5.73 Å². The standard InChI is InChI=1S/C16H18ClNO/c1-11-5-3-4-6-14(11)10-19-16-8-7-13(12(2)18)9-15(16)17/h3-9,12H,10,18H2,1-2H3/t12-/m0/s1. The van der Waals surface area contributed by atoms with Crippen LogP contribution in [-0.2, 0) is 6.61 Å². The molecule has 2 N–H and O–H groups in total. The summed E-state index contributed by atoms with van der Waals surface area (Å²) in [5.74, 6) is 0.689. The first-order valence-corrected chi connectivity index (χ1v) is 6.68. The van der Waals surface area contributed by atoms with Crippen molar-refractivity contribution in [1.82, 2.24) is 0 Å². The van der Waals surface area contributed by atoms with Crippen LogP contribution in [0.1, 0.15) is 29.7 Å². The summed E-state index contributed by atoms with van der Waals surface area (Å²) in [5, 5.41) is 0.600. The van der Waals surface area contributed by atoms with E-state index < -0.39 is 0 Å². The predicted molar refractivity (Wildman–Crippen MR) is 79.6 cm³/mol. The number of benzene rings is 2. The number of ether oxygens (including phenoxy) is 1. The molecule has 1 atom stereocenters. The molecule has 0 fully saturated rings. The van der Waals surface area contributed by atoms with Gasteiger partial charge in [0.1, 0.15) is 12.4 Å². The van der Waals surface area contributed by atoms with E-state index in [1.165, 1.54) is 5.56 Å². The van der Waals surface area contributed by atoms with Crippen molar-refractivity contribution < 1.29 is 4.74 Å². The lowest BCUT2D eigenvalue weighted by Gasteiger charge is -2.12. The van der Waals surface area contributed by atoms with Crippen LogP contribution in [0.25, 0.3) is 0 Å². The maximum Gasteiger partial charge on any atom is 0.138 e. The lowest BCUT2D eigenvalue weighted by atomic mass is 10.1. The fourth-order valence-electron chi connectivity index (χ4n) is 1.84. The summed E-state index contributed by atoms with van der Waals surface area (Å²) in [4.78, 5) is 0. The SMILES string of the molecule is Cc1ccccc1COc1ccc([C@H](C)N)cc1Cl. The Kier molecular flexibility index (Phi) is 4.46. The Hall–Kier alpha value is -1.51. The molecule has 0 saturated heterocycles. The number of aryl methyl sites for hydroxylation is 1. The summed E-state index contributed by atoms with van der Waals surface area (Å²) in [7, 11) is 0.